The van der Waals surface area contributed by atoms with Gasteiger partial charge in [-0.1, -0.05) is 146 Å². The van der Waals surface area contributed by atoms with Gasteiger partial charge in [0.1, 0.15) is 0 Å². The van der Waals surface area contributed by atoms with E-state index in [9.17, 15) is 13.2 Å². The van der Waals surface area contributed by atoms with Gasteiger partial charge < -0.3 is 25.0 Å². The average molecular weight is 860 g/mol. The van der Waals surface area contributed by atoms with E-state index in [-0.39, 0.29) is 22.5 Å². The van der Waals surface area contributed by atoms with E-state index in [1.165, 1.54) is 0 Å². The fourth-order valence-corrected chi connectivity index (χ4v) is 7.14. The molecule has 0 unspecified atom stereocenters. The van der Waals surface area contributed by atoms with Crippen molar-refractivity contribution in [2.24, 2.45) is 7.05 Å². The molecule has 4 aromatic carbocycles. The molecular formula is C46H35CuF3N4O4S. The van der Waals surface area contributed by atoms with E-state index in [4.69, 9.17) is 22.9 Å². The third-order valence-corrected chi connectivity index (χ3v) is 10.3. The molecule has 4 aromatic heterocycles. The van der Waals surface area contributed by atoms with Crippen molar-refractivity contribution in [2.45, 2.75) is 5.51 Å². The van der Waals surface area contributed by atoms with Crippen LogP contribution in [0.5, 0.6) is 0 Å². The van der Waals surface area contributed by atoms with Crippen molar-refractivity contribution < 1.29 is 48.7 Å². The van der Waals surface area contributed by atoms with E-state index in [0.717, 1.165) is 88.7 Å². The molecule has 301 valence electrons. The Labute approximate surface area is 348 Å². The van der Waals surface area contributed by atoms with Gasteiger partial charge in [0.15, 0.2) is 0 Å². The summed E-state index contributed by atoms with van der Waals surface area (Å²) in [7, 11) is -3.69. The second-order valence-electron chi connectivity index (χ2n) is 13.3. The van der Waals surface area contributed by atoms with Crippen molar-refractivity contribution in [3.63, 3.8) is 0 Å². The Hall–Kier alpha value is -6.34. The smallest absolute Gasteiger partial charge is 0.657 e. The number of rotatable bonds is 4. The molecule has 9 rings (SSSR count). The van der Waals surface area contributed by atoms with Gasteiger partial charge in [-0.2, -0.15) is 21.6 Å². The summed E-state index contributed by atoms with van der Waals surface area (Å²) < 4.78 is 59.8. The van der Waals surface area contributed by atoms with Gasteiger partial charge >= 0.3 is 32.7 Å². The summed E-state index contributed by atoms with van der Waals surface area (Å²) in [6, 6.07) is 59.6. The molecule has 1 aliphatic heterocycles. The number of aromatic nitrogens is 4. The molecule has 1 radical (unpaired) electrons. The minimum Gasteiger partial charge on any atom is -0.657 e. The van der Waals surface area contributed by atoms with Crippen LogP contribution in [0.4, 0.5) is 13.2 Å². The largest absolute Gasteiger partial charge is 2.00 e. The van der Waals surface area contributed by atoms with Gasteiger partial charge in [0.25, 0.3) is 0 Å². The molecule has 8 bridgehead atoms. The first kappa shape index (κ1) is 42.3. The molecule has 8 nitrogen and oxygen atoms in total. The van der Waals surface area contributed by atoms with Crippen molar-refractivity contribution in [3.8, 4) is 0 Å². The predicted molar refractivity (Wildman–Crippen MR) is 218 cm³/mol. The van der Waals surface area contributed by atoms with Gasteiger partial charge in [-0.3, -0.25) is 4.55 Å². The monoisotopic (exact) mass is 859 g/mol. The van der Waals surface area contributed by atoms with Crippen LogP contribution in [0.25, 0.3) is 22.3 Å². The number of nitrogens with zero attached hydrogens (tertiary/aromatic N) is 3. The van der Waals surface area contributed by atoms with Crippen LogP contribution in [0.15, 0.2) is 170 Å². The summed E-state index contributed by atoms with van der Waals surface area (Å²) in [6.45, 7) is 0. The Kier molecular flexibility index (Phi) is 12.4. The topological polar surface area (TPSA) is 135 Å². The Morgan fingerprint density at radius 2 is 0.763 bits per heavy atom. The number of aromatic amines is 1. The van der Waals surface area contributed by atoms with Crippen molar-refractivity contribution in [1.29, 1.82) is 0 Å². The van der Waals surface area contributed by atoms with E-state index in [1.54, 1.807) is 0 Å². The van der Waals surface area contributed by atoms with Gasteiger partial charge in [-0.25, -0.2) is 0 Å². The van der Waals surface area contributed by atoms with Crippen LogP contribution in [0.1, 0.15) is 45.0 Å². The van der Waals surface area contributed by atoms with Crippen LogP contribution in [-0.2, 0) is 34.2 Å². The first-order chi connectivity index (χ1) is 27.5. The molecule has 8 aromatic rings. The molecule has 0 aliphatic carbocycles. The zero-order valence-corrected chi connectivity index (χ0v) is 32.9. The normalized spacial score (nSPS) is 16.2. The Bertz CT molecular complexity index is 2900. The summed E-state index contributed by atoms with van der Waals surface area (Å²) in [5, 5.41) is 4.16. The van der Waals surface area contributed by atoms with Crippen molar-refractivity contribution >= 4 is 32.4 Å². The van der Waals surface area contributed by atoms with Crippen molar-refractivity contribution in [2.75, 3.05) is 0 Å². The number of halogens is 3. The second kappa shape index (κ2) is 17.3. The molecule has 0 saturated carbocycles. The molecule has 0 amide bonds. The van der Waals surface area contributed by atoms with E-state index in [2.05, 4.69) is 186 Å². The number of nitrogens with one attached hydrogen (secondary N) is 1. The fourth-order valence-electron chi connectivity index (χ4n) is 7.14. The van der Waals surface area contributed by atoms with E-state index >= 15 is 0 Å². The maximum atomic E-state index is 10.7. The Balaban J connectivity index is 0.000000534. The maximum Gasteiger partial charge on any atom is 2.00 e. The van der Waals surface area contributed by atoms with Crippen LogP contribution >= 0.6 is 0 Å². The first-order valence-electron chi connectivity index (χ1n) is 17.9. The third kappa shape index (κ3) is 8.47. The minimum absolute atomic E-state index is 0. The number of benzene rings is 4. The van der Waals surface area contributed by atoms with Crippen molar-refractivity contribution in [3.05, 3.63) is 236 Å². The van der Waals surface area contributed by atoms with E-state index in [1.807, 2.05) is 0 Å². The Morgan fingerprint density at radius 1 is 0.492 bits per heavy atom. The molecule has 5 heterocycles. The van der Waals surface area contributed by atoms with Crippen LogP contribution < -0.4 is 31.4 Å². The molecule has 4 N–H and O–H groups in total. The summed E-state index contributed by atoms with van der Waals surface area (Å²) in [5.41, 5.74) is 6.82. The summed E-state index contributed by atoms with van der Waals surface area (Å²) in [4.78, 5) is 14.6. The second-order valence-corrected chi connectivity index (χ2v) is 14.7. The van der Waals surface area contributed by atoms with Crippen LogP contribution in [-0.4, -0.2) is 33.5 Å². The minimum atomic E-state index is -5.84. The number of hydrogen-bond donors (Lipinski definition) is 2. The van der Waals surface area contributed by atoms with Gasteiger partial charge in [-0.05, 0) is 68.8 Å². The summed E-state index contributed by atoms with van der Waals surface area (Å²) in [6.07, 6.45) is 0. The zero-order chi connectivity index (χ0) is 39.7. The molecular weight excluding hydrogens is 825 g/mol. The molecule has 0 atom stereocenters. The van der Waals surface area contributed by atoms with Crippen molar-refractivity contribution in [1.82, 2.24) is 19.5 Å². The number of hydrogen-bond acceptors (Lipinski definition) is 2. The summed E-state index contributed by atoms with van der Waals surface area (Å²) >= 11 is 0. The average Bonchev–Trinajstić information content (AvgIpc) is 4.04. The van der Waals surface area contributed by atoms with Crippen LogP contribution in [0, 0.1) is 0 Å². The van der Waals surface area contributed by atoms with Crippen LogP contribution in [0.2, 0.25) is 0 Å². The van der Waals surface area contributed by atoms with E-state index < -0.39 is 15.6 Å². The predicted octanol–water partition coefficient (Wildman–Crippen LogP) is 5.14. The van der Waals surface area contributed by atoms with Gasteiger partial charge in [0.05, 0.1) is 0 Å². The molecule has 0 saturated heterocycles. The van der Waals surface area contributed by atoms with Gasteiger partial charge in [0.2, 0.25) is 0 Å². The maximum absolute atomic E-state index is 10.7. The SMILES string of the molecule is Cn1/c2cc/c1=C(\c1ccccc1)c1ccc([n-]1)/C(c1ccccc1)=c1/cc/c([nH]1)=C(\c1ccccc1)c1ccc([n-]1)/C=2c1ccccc1.O.O=S(=O)(O)C(F)(F)F.[Cu+2]. The number of fused-ring (bicyclic) bond motifs is 8. The zero-order valence-electron chi connectivity index (χ0n) is 31.1. The molecule has 0 spiro atoms. The Morgan fingerprint density at radius 3 is 1.05 bits per heavy atom. The van der Waals surface area contributed by atoms with Gasteiger partial charge in [0, 0.05) is 28.4 Å². The standard InChI is InChI=1S/C45H32N4.CHF3O3S.Cu.H2O/c1-49-40-28-29-41(49)45(33-20-12-5-13-21-33)39-27-25-37(48-39)43(31-16-8-3-9-17-31)35-23-22-34(46-35)42(30-14-6-2-7-15-30)36-24-26-38(47-36)44(40)32-18-10-4-11-19-32;2-1(3,4)8(5,6)7;;/h2-29,46H,1H3;(H,5,6,7);;1H2/q-2;;+2;/b42-34-,42-36?,43-35-,43-37?,44-38?,44-40-,45-39?,45-41-;;;. The number of H-pyrrole nitrogens is 1. The quantitative estimate of drug-likeness (QED) is 0.144. The van der Waals surface area contributed by atoms with E-state index in [0.29, 0.717) is 0 Å². The van der Waals surface area contributed by atoms with Gasteiger partial charge in [-0.15, -0.1) is 22.8 Å². The number of alkyl halides is 3. The fraction of sp³-hybridized carbons (Fsp3) is 0.0435. The third-order valence-electron chi connectivity index (χ3n) is 9.71. The summed E-state index contributed by atoms with van der Waals surface area (Å²) in [5.74, 6) is 0. The molecule has 0 fully saturated rings. The van der Waals surface area contributed by atoms with Crippen LogP contribution in [0.3, 0.4) is 0 Å². The molecule has 1 aliphatic rings. The molecule has 13 heteroatoms. The molecule has 59 heavy (non-hydrogen) atoms. The first-order valence-corrected chi connectivity index (χ1v) is 19.3.